The number of esters is 1. The van der Waals surface area contributed by atoms with E-state index >= 15 is 0 Å². The Morgan fingerprint density at radius 1 is 1.31 bits per heavy atom. The molecule has 12 nitrogen and oxygen atoms in total. The lowest BCUT2D eigenvalue weighted by atomic mass is 10.0. The molecule has 4 atom stereocenters. The second-order valence-corrected chi connectivity index (χ2v) is 7.74. The molecule has 13 heteroatoms. The number of thioether (sulfide) groups is 1. The quantitative estimate of drug-likeness (QED) is 0.196. The highest BCUT2D eigenvalue weighted by molar-refractivity contribution is 8.00. The van der Waals surface area contributed by atoms with Crippen LogP contribution in [0.5, 0.6) is 0 Å². The van der Waals surface area contributed by atoms with Gasteiger partial charge in [-0.3, -0.25) is 24.1 Å². The number of nitrogens with one attached hydrogen (secondary N) is 1. The summed E-state index contributed by atoms with van der Waals surface area (Å²) in [6.07, 6.45) is -0.444. The molecule has 7 N–H and O–H groups in total. The zero-order valence-corrected chi connectivity index (χ0v) is 16.3. The van der Waals surface area contributed by atoms with E-state index in [1.807, 2.05) is 0 Å². The van der Waals surface area contributed by atoms with Crippen LogP contribution in [0.4, 0.5) is 0 Å². The van der Waals surface area contributed by atoms with E-state index in [0.29, 0.717) is 0 Å². The minimum Gasteiger partial charge on any atom is -0.481 e. The van der Waals surface area contributed by atoms with Crippen molar-refractivity contribution in [2.45, 2.75) is 43.3 Å². The lowest BCUT2D eigenvalue weighted by Crippen LogP contribution is -2.71. The van der Waals surface area contributed by atoms with Crippen molar-refractivity contribution in [1.29, 1.82) is 0 Å². The Labute approximate surface area is 169 Å². The normalized spacial score (nSPS) is 22.9. The number of β-lactam (4-membered cyclic amide) rings is 1. The van der Waals surface area contributed by atoms with Crippen LogP contribution in [-0.2, 0) is 28.7 Å². The summed E-state index contributed by atoms with van der Waals surface area (Å²) in [5.74, 6) is -4.15. The monoisotopic (exact) mass is 430 g/mol. The van der Waals surface area contributed by atoms with Crippen LogP contribution in [0.25, 0.3) is 0 Å². The number of amides is 2. The van der Waals surface area contributed by atoms with E-state index in [0.717, 1.165) is 4.90 Å². The van der Waals surface area contributed by atoms with Gasteiger partial charge in [0.1, 0.15) is 23.7 Å². The van der Waals surface area contributed by atoms with Crippen molar-refractivity contribution < 1.29 is 38.9 Å². The molecule has 0 bridgehead atoms. The molecule has 0 aromatic heterocycles. The number of rotatable bonds is 9. The first-order valence-electron chi connectivity index (χ1n) is 8.59. The topological polar surface area (TPSA) is 202 Å². The molecule has 0 saturated carbocycles. The first-order valence-corrected chi connectivity index (χ1v) is 9.64. The van der Waals surface area contributed by atoms with Crippen LogP contribution in [0.1, 0.15) is 19.8 Å². The molecule has 0 aromatic rings. The largest absolute Gasteiger partial charge is 0.481 e. The zero-order chi connectivity index (χ0) is 21.9. The molecule has 1 fully saturated rings. The minimum atomic E-state index is -1.34. The maximum atomic E-state index is 12.5. The maximum Gasteiger partial charge on any atom is 0.352 e. The van der Waals surface area contributed by atoms with Gasteiger partial charge in [0.2, 0.25) is 5.91 Å². The lowest BCUT2D eigenvalue weighted by molar-refractivity contribution is -0.151. The number of carbonyl (C=O) groups is 5. The number of aliphatic carboxylic acids is 2. The van der Waals surface area contributed by atoms with Gasteiger partial charge < -0.3 is 31.7 Å². The highest BCUT2D eigenvalue weighted by Crippen LogP contribution is 2.40. The number of hydrogen-bond acceptors (Lipinski definition) is 9. The van der Waals surface area contributed by atoms with E-state index < -0.39 is 53.2 Å². The molecule has 2 rings (SSSR count). The average molecular weight is 430 g/mol. The Morgan fingerprint density at radius 3 is 2.52 bits per heavy atom. The van der Waals surface area contributed by atoms with Crippen molar-refractivity contribution in [2.75, 3.05) is 12.4 Å². The van der Waals surface area contributed by atoms with Crippen molar-refractivity contribution in [3.05, 3.63) is 11.3 Å². The van der Waals surface area contributed by atoms with Crippen LogP contribution in [0.3, 0.4) is 0 Å². The highest BCUT2D eigenvalue weighted by atomic mass is 32.2. The molecule has 2 unspecified atom stereocenters. The van der Waals surface area contributed by atoms with E-state index in [9.17, 15) is 29.1 Å². The Hall–Kier alpha value is -2.64. The van der Waals surface area contributed by atoms with Crippen LogP contribution < -0.4 is 16.8 Å². The standard InChI is InChI=1S/C16H22N4O8S/c1-6(21)28-4-7-5-29-15-11(14(25)20(15)12(7)16(26)27)19-13(24)9(18)2-8(17)3-10(22)23/h8-9,11,15H,2-5,17-18H2,1H3,(H,19,24)(H,22,23)(H,26,27)/t8?,9?,11-,15-/m1/s1. The van der Waals surface area contributed by atoms with E-state index in [2.05, 4.69) is 5.32 Å². The third-order valence-corrected chi connectivity index (χ3v) is 5.67. The molecule has 2 aliphatic heterocycles. The van der Waals surface area contributed by atoms with E-state index in [1.165, 1.54) is 18.7 Å². The molecule has 0 spiro atoms. The maximum absolute atomic E-state index is 12.5. The zero-order valence-electron chi connectivity index (χ0n) is 15.5. The molecule has 2 amide bonds. The van der Waals surface area contributed by atoms with Gasteiger partial charge in [-0.15, -0.1) is 11.8 Å². The van der Waals surface area contributed by atoms with E-state index in [4.69, 9.17) is 21.3 Å². The Kier molecular flexibility index (Phi) is 7.21. The number of nitrogens with zero attached hydrogens (tertiary/aromatic N) is 1. The van der Waals surface area contributed by atoms with Crippen molar-refractivity contribution in [3.63, 3.8) is 0 Å². The summed E-state index contributed by atoms with van der Waals surface area (Å²) < 4.78 is 4.84. The van der Waals surface area contributed by atoms with Gasteiger partial charge in [-0.2, -0.15) is 0 Å². The number of hydrogen-bond donors (Lipinski definition) is 5. The Balaban J connectivity index is 2.03. The molecular formula is C16H22N4O8S. The lowest BCUT2D eigenvalue weighted by Gasteiger charge is -2.49. The Bertz CT molecular complexity index is 770. The third-order valence-electron chi connectivity index (χ3n) is 4.33. The molecule has 0 aromatic carbocycles. The predicted molar refractivity (Wildman–Crippen MR) is 99.1 cm³/mol. The smallest absolute Gasteiger partial charge is 0.352 e. The predicted octanol–water partition coefficient (Wildman–Crippen LogP) is -2.19. The number of carboxylic acids is 2. The summed E-state index contributed by atoms with van der Waals surface area (Å²) in [6, 6.07) is -2.91. The molecule has 0 aliphatic carbocycles. The molecule has 2 aliphatic rings. The van der Waals surface area contributed by atoms with Crippen LogP contribution in [0.15, 0.2) is 11.3 Å². The summed E-state index contributed by atoms with van der Waals surface area (Å²) in [6.45, 7) is 0.940. The van der Waals surface area contributed by atoms with Gasteiger partial charge in [-0.1, -0.05) is 0 Å². The van der Waals surface area contributed by atoms with Gasteiger partial charge in [0.15, 0.2) is 0 Å². The molecule has 29 heavy (non-hydrogen) atoms. The first kappa shape index (κ1) is 22.6. The van der Waals surface area contributed by atoms with Crippen molar-refractivity contribution in [2.24, 2.45) is 11.5 Å². The highest BCUT2D eigenvalue weighted by Gasteiger charge is 2.54. The summed E-state index contributed by atoms with van der Waals surface area (Å²) >= 11 is 1.22. The second kappa shape index (κ2) is 9.24. The molecule has 2 heterocycles. The minimum absolute atomic E-state index is 0.0899. The van der Waals surface area contributed by atoms with Crippen LogP contribution in [0, 0.1) is 0 Å². The molecule has 160 valence electrons. The van der Waals surface area contributed by atoms with Crippen molar-refractivity contribution in [3.8, 4) is 0 Å². The third kappa shape index (κ3) is 5.25. The van der Waals surface area contributed by atoms with Gasteiger partial charge in [0.25, 0.3) is 5.91 Å². The van der Waals surface area contributed by atoms with Gasteiger partial charge >= 0.3 is 17.9 Å². The SMILES string of the molecule is CC(=O)OCC1=C(C(=O)O)N2C(=O)[C@@H](NC(=O)C(N)CC(N)CC(=O)O)[C@H]2SC1. The van der Waals surface area contributed by atoms with Crippen LogP contribution in [-0.4, -0.2) is 80.7 Å². The number of nitrogens with two attached hydrogens (primary N) is 2. The summed E-state index contributed by atoms with van der Waals surface area (Å²) in [7, 11) is 0. The number of fused-ring (bicyclic) bond motifs is 1. The van der Waals surface area contributed by atoms with E-state index in [1.54, 1.807) is 0 Å². The van der Waals surface area contributed by atoms with Crippen molar-refractivity contribution in [1.82, 2.24) is 10.2 Å². The summed E-state index contributed by atoms with van der Waals surface area (Å²) in [5.41, 5.74) is 11.4. The molecular weight excluding hydrogens is 408 g/mol. The van der Waals surface area contributed by atoms with Gasteiger partial charge in [0, 0.05) is 24.3 Å². The number of carbonyl (C=O) groups excluding carboxylic acids is 3. The first-order chi connectivity index (χ1) is 13.5. The van der Waals surface area contributed by atoms with Gasteiger partial charge in [-0.25, -0.2) is 4.79 Å². The fourth-order valence-electron chi connectivity index (χ4n) is 2.98. The van der Waals surface area contributed by atoms with Crippen LogP contribution in [0.2, 0.25) is 0 Å². The van der Waals surface area contributed by atoms with E-state index in [-0.39, 0.29) is 36.5 Å². The fraction of sp³-hybridized carbons (Fsp3) is 0.562. The van der Waals surface area contributed by atoms with Crippen molar-refractivity contribution >= 4 is 41.5 Å². The van der Waals surface area contributed by atoms with Gasteiger partial charge in [0.05, 0.1) is 12.5 Å². The molecule has 1 saturated heterocycles. The number of carboxylic acid groups (broad SMARTS) is 2. The summed E-state index contributed by atoms with van der Waals surface area (Å²) in [4.78, 5) is 59.0. The van der Waals surface area contributed by atoms with Crippen LogP contribution >= 0.6 is 11.8 Å². The Morgan fingerprint density at radius 2 is 1.97 bits per heavy atom. The number of ether oxygens (including phenoxy) is 1. The second-order valence-electron chi connectivity index (χ2n) is 6.63. The van der Waals surface area contributed by atoms with Gasteiger partial charge in [-0.05, 0) is 6.42 Å². The average Bonchev–Trinajstić information content (AvgIpc) is 2.62. The fourth-order valence-corrected chi connectivity index (χ4v) is 4.31. The molecule has 0 radical (unpaired) electrons. The summed E-state index contributed by atoms with van der Waals surface area (Å²) in [5, 5.41) is 20.0.